The molecule has 0 aliphatic heterocycles. The molecule has 0 saturated heterocycles. The van der Waals surface area contributed by atoms with Gasteiger partial charge in [0.2, 0.25) is 0 Å². The van der Waals surface area contributed by atoms with Gasteiger partial charge in [0.15, 0.2) is 0 Å². The van der Waals surface area contributed by atoms with E-state index in [2.05, 4.69) is 6.92 Å². The standard InChI is InChI=1S/C16H16O3/c1-2-11-5-7-12(8-6-11)19-16(17)14-10-13(14)15-4-3-9-18-15/h3-9,13-14H,2,10H2,1H3. The van der Waals surface area contributed by atoms with Crippen molar-refractivity contribution in [1.29, 1.82) is 0 Å². The quantitative estimate of drug-likeness (QED) is 0.620. The largest absolute Gasteiger partial charge is 0.469 e. The minimum atomic E-state index is -0.161. The first-order valence-electron chi connectivity index (χ1n) is 6.62. The molecule has 98 valence electrons. The zero-order valence-electron chi connectivity index (χ0n) is 10.8. The van der Waals surface area contributed by atoms with E-state index < -0.39 is 0 Å². The van der Waals surface area contributed by atoms with E-state index in [1.54, 1.807) is 6.26 Å². The fraction of sp³-hybridized carbons (Fsp3) is 0.312. The number of aryl methyl sites for hydroxylation is 1. The predicted octanol–water partition coefficient (Wildman–Crippen LogP) is 3.55. The molecule has 0 bridgehead atoms. The lowest BCUT2D eigenvalue weighted by Crippen LogP contribution is -2.11. The summed E-state index contributed by atoms with van der Waals surface area (Å²) in [6.45, 7) is 2.10. The first kappa shape index (κ1) is 12.0. The number of furan rings is 1. The van der Waals surface area contributed by atoms with Gasteiger partial charge in [-0.3, -0.25) is 4.79 Å². The number of rotatable bonds is 4. The van der Waals surface area contributed by atoms with Crippen molar-refractivity contribution in [2.45, 2.75) is 25.7 Å². The maximum absolute atomic E-state index is 12.0. The highest BCUT2D eigenvalue weighted by molar-refractivity contribution is 5.79. The molecule has 3 rings (SSSR count). The zero-order valence-corrected chi connectivity index (χ0v) is 10.8. The summed E-state index contributed by atoms with van der Waals surface area (Å²) in [7, 11) is 0. The third-order valence-electron chi connectivity index (χ3n) is 3.55. The summed E-state index contributed by atoms with van der Waals surface area (Å²) in [5, 5.41) is 0. The van der Waals surface area contributed by atoms with Crippen LogP contribution in [-0.4, -0.2) is 5.97 Å². The van der Waals surface area contributed by atoms with Gasteiger partial charge in [0.1, 0.15) is 11.5 Å². The van der Waals surface area contributed by atoms with Crippen LogP contribution in [0.1, 0.15) is 30.6 Å². The summed E-state index contributed by atoms with van der Waals surface area (Å²) in [5.74, 6) is 1.47. The van der Waals surface area contributed by atoms with Crippen molar-refractivity contribution in [3.05, 3.63) is 54.0 Å². The maximum atomic E-state index is 12.0. The second kappa shape index (κ2) is 4.92. The van der Waals surface area contributed by atoms with Crippen LogP contribution in [0.4, 0.5) is 0 Å². The van der Waals surface area contributed by atoms with Crippen molar-refractivity contribution in [3.8, 4) is 5.75 Å². The fourth-order valence-corrected chi connectivity index (χ4v) is 2.26. The molecule has 1 aliphatic rings. The molecule has 0 amide bonds. The molecule has 1 aliphatic carbocycles. The Balaban J connectivity index is 1.60. The number of benzene rings is 1. The molecule has 2 aromatic rings. The summed E-state index contributed by atoms with van der Waals surface area (Å²) >= 11 is 0. The molecule has 1 aromatic heterocycles. The second-order valence-electron chi connectivity index (χ2n) is 4.88. The number of esters is 1. The molecule has 2 unspecified atom stereocenters. The molecule has 3 nitrogen and oxygen atoms in total. The van der Waals surface area contributed by atoms with E-state index in [1.807, 2.05) is 36.4 Å². The molecule has 2 atom stereocenters. The summed E-state index contributed by atoms with van der Waals surface area (Å²) in [6.07, 6.45) is 3.44. The zero-order chi connectivity index (χ0) is 13.2. The van der Waals surface area contributed by atoms with Crippen LogP contribution in [-0.2, 0) is 11.2 Å². The van der Waals surface area contributed by atoms with Gasteiger partial charge >= 0.3 is 5.97 Å². The topological polar surface area (TPSA) is 39.4 Å². The highest BCUT2D eigenvalue weighted by Crippen LogP contribution is 2.48. The van der Waals surface area contributed by atoms with Crippen molar-refractivity contribution in [3.63, 3.8) is 0 Å². The summed E-state index contributed by atoms with van der Waals surface area (Å²) < 4.78 is 10.7. The van der Waals surface area contributed by atoms with E-state index in [1.165, 1.54) is 5.56 Å². The van der Waals surface area contributed by atoms with Gasteiger partial charge in [-0.25, -0.2) is 0 Å². The predicted molar refractivity (Wildman–Crippen MR) is 71.0 cm³/mol. The summed E-state index contributed by atoms with van der Waals surface area (Å²) in [6, 6.07) is 11.4. The Kier molecular flexibility index (Phi) is 3.11. The second-order valence-corrected chi connectivity index (χ2v) is 4.88. The third kappa shape index (κ3) is 2.55. The fourth-order valence-electron chi connectivity index (χ4n) is 2.26. The average molecular weight is 256 g/mol. The summed E-state index contributed by atoms with van der Waals surface area (Å²) in [4.78, 5) is 12.0. The highest BCUT2D eigenvalue weighted by Gasteiger charge is 2.47. The minimum absolute atomic E-state index is 0.0583. The summed E-state index contributed by atoms with van der Waals surface area (Å²) in [5.41, 5.74) is 1.24. The SMILES string of the molecule is CCc1ccc(OC(=O)C2CC2c2ccco2)cc1. The molecular formula is C16H16O3. The molecule has 1 aromatic carbocycles. The van der Waals surface area contributed by atoms with E-state index in [-0.39, 0.29) is 17.8 Å². The van der Waals surface area contributed by atoms with Gasteiger partial charge in [-0.15, -0.1) is 0 Å². The van der Waals surface area contributed by atoms with Crippen LogP contribution in [0.5, 0.6) is 5.75 Å². The van der Waals surface area contributed by atoms with Crippen LogP contribution in [0.15, 0.2) is 47.1 Å². The van der Waals surface area contributed by atoms with Gasteiger partial charge in [0, 0.05) is 5.92 Å². The Morgan fingerprint density at radius 1 is 1.32 bits per heavy atom. The lowest BCUT2D eigenvalue weighted by molar-refractivity contribution is -0.135. The number of hydrogen-bond acceptors (Lipinski definition) is 3. The first-order valence-corrected chi connectivity index (χ1v) is 6.62. The number of ether oxygens (including phenoxy) is 1. The number of carbonyl (C=O) groups excluding carboxylic acids is 1. The molecule has 0 spiro atoms. The molecule has 0 radical (unpaired) electrons. The van der Waals surface area contributed by atoms with Gasteiger partial charge in [-0.2, -0.15) is 0 Å². The third-order valence-corrected chi connectivity index (χ3v) is 3.55. The molecule has 1 saturated carbocycles. The van der Waals surface area contributed by atoms with Crippen LogP contribution in [0, 0.1) is 5.92 Å². The lowest BCUT2D eigenvalue weighted by atomic mass is 10.2. The van der Waals surface area contributed by atoms with Gasteiger partial charge < -0.3 is 9.15 Å². The Bertz CT molecular complexity index is 554. The van der Waals surface area contributed by atoms with Gasteiger partial charge in [-0.1, -0.05) is 19.1 Å². The van der Waals surface area contributed by atoms with Crippen molar-refractivity contribution in [2.24, 2.45) is 5.92 Å². The van der Waals surface area contributed by atoms with Crippen molar-refractivity contribution >= 4 is 5.97 Å². The van der Waals surface area contributed by atoms with E-state index in [4.69, 9.17) is 9.15 Å². The lowest BCUT2D eigenvalue weighted by Gasteiger charge is -2.04. The van der Waals surface area contributed by atoms with Gasteiger partial charge in [0.05, 0.1) is 12.2 Å². The van der Waals surface area contributed by atoms with E-state index in [0.29, 0.717) is 5.75 Å². The monoisotopic (exact) mass is 256 g/mol. The first-order chi connectivity index (χ1) is 9.28. The van der Waals surface area contributed by atoms with E-state index in [0.717, 1.165) is 18.6 Å². The Labute approximate surface area is 112 Å². The average Bonchev–Trinajstić information content (AvgIpc) is 3.06. The Morgan fingerprint density at radius 3 is 2.74 bits per heavy atom. The van der Waals surface area contributed by atoms with Crippen molar-refractivity contribution in [2.75, 3.05) is 0 Å². The highest BCUT2D eigenvalue weighted by atomic mass is 16.5. The van der Waals surface area contributed by atoms with E-state index in [9.17, 15) is 4.79 Å². The Morgan fingerprint density at radius 2 is 2.11 bits per heavy atom. The van der Waals surface area contributed by atoms with E-state index >= 15 is 0 Å². The number of carbonyl (C=O) groups is 1. The van der Waals surface area contributed by atoms with Gasteiger partial charge in [0.25, 0.3) is 0 Å². The maximum Gasteiger partial charge on any atom is 0.315 e. The minimum Gasteiger partial charge on any atom is -0.469 e. The van der Waals surface area contributed by atoms with Gasteiger partial charge in [-0.05, 0) is 42.7 Å². The normalized spacial score (nSPS) is 21.1. The van der Waals surface area contributed by atoms with Crippen LogP contribution in [0.3, 0.4) is 0 Å². The molecular weight excluding hydrogens is 240 g/mol. The molecule has 1 fully saturated rings. The number of hydrogen-bond donors (Lipinski definition) is 0. The molecule has 1 heterocycles. The Hall–Kier alpha value is -2.03. The van der Waals surface area contributed by atoms with Crippen molar-refractivity contribution in [1.82, 2.24) is 0 Å². The molecule has 0 N–H and O–H groups in total. The smallest absolute Gasteiger partial charge is 0.315 e. The van der Waals surface area contributed by atoms with Crippen LogP contribution >= 0.6 is 0 Å². The van der Waals surface area contributed by atoms with Crippen molar-refractivity contribution < 1.29 is 13.9 Å². The van der Waals surface area contributed by atoms with Crippen LogP contribution < -0.4 is 4.74 Å². The van der Waals surface area contributed by atoms with Crippen LogP contribution in [0.2, 0.25) is 0 Å². The molecule has 19 heavy (non-hydrogen) atoms. The molecule has 3 heteroatoms. The van der Waals surface area contributed by atoms with Crippen LogP contribution in [0.25, 0.3) is 0 Å².